The summed E-state index contributed by atoms with van der Waals surface area (Å²) in [6, 6.07) is 7.86. The molecular weight excluding hydrogens is 294 g/mol. The molecule has 7 heteroatoms. The highest BCUT2D eigenvalue weighted by atomic mass is 16.5. The van der Waals surface area contributed by atoms with Crippen molar-refractivity contribution in [1.82, 2.24) is 25.0 Å². The van der Waals surface area contributed by atoms with Crippen molar-refractivity contribution in [2.75, 3.05) is 26.7 Å². The van der Waals surface area contributed by atoms with Crippen molar-refractivity contribution in [3.63, 3.8) is 0 Å². The summed E-state index contributed by atoms with van der Waals surface area (Å²) in [5.74, 6) is 0.938. The van der Waals surface area contributed by atoms with Crippen LogP contribution in [-0.4, -0.2) is 52.3 Å². The van der Waals surface area contributed by atoms with E-state index in [0.717, 1.165) is 24.4 Å². The third-order valence-electron chi connectivity index (χ3n) is 4.08. The topological polar surface area (TPSA) is 72.3 Å². The fourth-order valence-electron chi connectivity index (χ4n) is 2.92. The molecule has 0 saturated carbocycles. The summed E-state index contributed by atoms with van der Waals surface area (Å²) in [5, 5.41) is 7.40. The van der Waals surface area contributed by atoms with E-state index in [9.17, 15) is 4.79 Å². The van der Waals surface area contributed by atoms with E-state index >= 15 is 0 Å². The lowest BCUT2D eigenvalue weighted by molar-refractivity contribution is -0.134. The number of para-hydroxylation sites is 1. The number of piperazine rings is 1. The highest BCUT2D eigenvalue weighted by molar-refractivity contribution is 5.77. The summed E-state index contributed by atoms with van der Waals surface area (Å²) in [6.45, 7) is 2.77. The average Bonchev–Trinajstić information content (AvgIpc) is 3.13. The zero-order chi connectivity index (χ0) is 16.1. The van der Waals surface area contributed by atoms with Crippen LogP contribution in [-0.2, 0) is 11.3 Å². The number of hydrogen-bond acceptors (Lipinski definition) is 5. The van der Waals surface area contributed by atoms with E-state index in [0.29, 0.717) is 19.5 Å². The Balaban J connectivity index is 1.74. The van der Waals surface area contributed by atoms with Gasteiger partial charge in [0.1, 0.15) is 18.4 Å². The third-order valence-corrected chi connectivity index (χ3v) is 4.08. The fraction of sp³-hybridized carbons (Fsp3) is 0.438. The predicted molar refractivity (Wildman–Crippen MR) is 85.0 cm³/mol. The summed E-state index contributed by atoms with van der Waals surface area (Å²) in [7, 11) is 1.66. The Kier molecular flexibility index (Phi) is 4.87. The maximum Gasteiger partial charge on any atom is 0.225 e. The first-order valence-corrected chi connectivity index (χ1v) is 7.75. The van der Waals surface area contributed by atoms with Crippen molar-refractivity contribution < 1.29 is 9.53 Å². The van der Waals surface area contributed by atoms with Crippen LogP contribution in [0.15, 0.2) is 36.9 Å². The molecule has 0 bridgehead atoms. The number of aromatic nitrogens is 3. The maximum atomic E-state index is 12.7. The van der Waals surface area contributed by atoms with Crippen molar-refractivity contribution in [3.05, 3.63) is 42.5 Å². The molecule has 23 heavy (non-hydrogen) atoms. The zero-order valence-electron chi connectivity index (χ0n) is 13.2. The number of carbonyl (C=O) groups excluding carboxylic acids is 1. The number of amides is 1. The van der Waals surface area contributed by atoms with E-state index in [1.807, 2.05) is 29.2 Å². The van der Waals surface area contributed by atoms with E-state index in [4.69, 9.17) is 4.74 Å². The van der Waals surface area contributed by atoms with Gasteiger partial charge in [0.25, 0.3) is 0 Å². The Morgan fingerprint density at radius 3 is 3.09 bits per heavy atom. The molecule has 1 aliphatic rings. The molecule has 1 amide bonds. The van der Waals surface area contributed by atoms with Gasteiger partial charge in [-0.2, -0.15) is 5.10 Å². The van der Waals surface area contributed by atoms with Crippen LogP contribution in [0.25, 0.3) is 0 Å². The summed E-state index contributed by atoms with van der Waals surface area (Å²) < 4.78 is 7.14. The molecule has 122 valence electrons. The quantitative estimate of drug-likeness (QED) is 0.885. The second-order valence-electron chi connectivity index (χ2n) is 5.46. The van der Waals surface area contributed by atoms with Gasteiger partial charge < -0.3 is 15.0 Å². The minimum absolute atomic E-state index is 0.0110. The number of nitrogens with zero attached hydrogens (tertiary/aromatic N) is 4. The van der Waals surface area contributed by atoms with Gasteiger partial charge in [-0.3, -0.25) is 9.48 Å². The summed E-state index contributed by atoms with van der Waals surface area (Å²) in [5.41, 5.74) is 1.04. The molecule has 0 aliphatic carbocycles. The van der Waals surface area contributed by atoms with Crippen LogP contribution >= 0.6 is 0 Å². The van der Waals surface area contributed by atoms with Crippen molar-refractivity contribution >= 4 is 5.91 Å². The van der Waals surface area contributed by atoms with Crippen LogP contribution < -0.4 is 10.1 Å². The lowest BCUT2D eigenvalue weighted by Gasteiger charge is -2.37. The SMILES string of the molecule is COc1ccccc1C1CNCCN1C(=O)CCn1cncn1. The molecule has 7 nitrogen and oxygen atoms in total. The molecule has 3 rings (SSSR count). The minimum Gasteiger partial charge on any atom is -0.496 e. The summed E-state index contributed by atoms with van der Waals surface area (Å²) in [4.78, 5) is 18.5. The molecule has 1 aromatic heterocycles. The molecule has 1 saturated heterocycles. The van der Waals surface area contributed by atoms with Crippen LogP contribution in [0.2, 0.25) is 0 Å². The lowest BCUT2D eigenvalue weighted by Crippen LogP contribution is -2.49. The number of nitrogens with one attached hydrogen (secondary N) is 1. The predicted octanol–water partition coefficient (Wildman–Crippen LogP) is 0.850. The van der Waals surface area contributed by atoms with Crippen molar-refractivity contribution in [3.8, 4) is 5.75 Å². The molecule has 1 unspecified atom stereocenters. The molecule has 0 radical (unpaired) electrons. The number of hydrogen-bond donors (Lipinski definition) is 1. The number of rotatable bonds is 5. The van der Waals surface area contributed by atoms with Gasteiger partial charge in [-0.25, -0.2) is 4.98 Å². The number of methoxy groups -OCH3 is 1. The molecule has 2 heterocycles. The summed E-state index contributed by atoms with van der Waals surface area (Å²) in [6.07, 6.45) is 3.52. The van der Waals surface area contributed by atoms with E-state index in [-0.39, 0.29) is 11.9 Å². The largest absolute Gasteiger partial charge is 0.496 e. The minimum atomic E-state index is -0.0110. The highest BCUT2D eigenvalue weighted by Gasteiger charge is 2.29. The van der Waals surface area contributed by atoms with Gasteiger partial charge in [0.2, 0.25) is 5.91 Å². The molecular formula is C16H21N5O2. The smallest absolute Gasteiger partial charge is 0.225 e. The van der Waals surface area contributed by atoms with Crippen molar-refractivity contribution in [2.45, 2.75) is 19.0 Å². The van der Waals surface area contributed by atoms with Crippen LogP contribution in [0.3, 0.4) is 0 Å². The van der Waals surface area contributed by atoms with Gasteiger partial charge in [0, 0.05) is 31.6 Å². The van der Waals surface area contributed by atoms with Gasteiger partial charge >= 0.3 is 0 Å². The first kappa shape index (κ1) is 15.5. The van der Waals surface area contributed by atoms with Gasteiger partial charge in [-0.05, 0) is 6.07 Å². The second kappa shape index (κ2) is 7.23. The van der Waals surface area contributed by atoms with Crippen LogP contribution in [0.5, 0.6) is 5.75 Å². The van der Waals surface area contributed by atoms with E-state index < -0.39 is 0 Å². The Morgan fingerprint density at radius 2 is 2.30 bits per heavy atom. The highest BCUT2D eigenvalue weighted by Crippen LogP contribution is 2.30. The van der Waals surface area contributed by atoms with Gasteiger partial charge in [-0.15, -0.1) is 0 Å². The number of aryl methyl sites for hydroxylation is 1. The Morgan fingerprint density at radius 1 is 1.43 bits per heavy atom. The first-order chi connectivity index (χ1) is 11.3. The monoisotopic (exact) mass is 315 g/mol. The van der Waals surface area contributed by atoms with Gasteiger partial charge in [0.15, 0.2) is 0 Å². The number of ether oxygens (including phenoxy) is 1. The van der Waals surface area contributed by atoms with E-state index in [1.165, 1.54) is 6.33 Å². The number of benzene rings is 1. The fourth-order valence-corrected chi connectivity index (χ4v) is 2.92. The molecule has 1 aromatic carbocycles. The number of carbonyl (C=O) groups is 1. The van der Waals surface area contributed by atoms with Crippen LogP contribution in [0.1, 0.15) is 18.0 Å². The molecule has 1 atom stereocenters. The van der Waals surface area contributed by atoms with Crippen LogP contribution in [0.4, 0.5) is 0 Å². The third kappa shape index (κ3) is 3.50. The van der Waals surface area contributed by atoms with Crippen molar-refractivity contribution in [1.29, 1.82) is 0 Å². The zero-order valence-corrected chi connectivity index (χ0v) is 13.2. The van der Waals surface area contributed by atoms with E-state index in [2.05, 4.69) is 15.4 Å². The first-order valence-electron chi connectivity index (χ1n) is 7.75. The lowest BCUT2D eigenvalue weighted by atomic mass is 10.0. The van der Waals surface area contributed by atoms with Gasteiger partial charge in [0.05, 0.1) is 19.7 Å². The molecule has 0 spiro atoms. The van der Waals surface area contributed by atoms with Gasteiger partial charge in [-0.1, -0.05) is 18.2 Å². The molecule has 1 aliphatic heterocycles. The molecule has 1 fully saturated rings. The normalized spacial score (nSPS) is 18.0. The Labute approximate surface area is 135 Å². The van der Waals surface area contributed by atoms with Crippen LogP contribution in [0, 0.1) is 0 Å². The summed E-state index contributed by atoms with van der Waals surface area (Å²) >= 11 is 0. The Hall–Kier alpha value is -2.41. The molecule has 2 aromatic rings. The van der Waals surface area contributed by atoms with E-state index in [1.54, 1.807) is 18.1 Å². The Bertz CT molecular complexity index is 644. The maximum absolute atomic E-state index is 12.7. The van der Waals surface area contributed by atoms with Crippen molar-refractivity contribution in [2.24, 2.45) is 0 Å². The standard InChI is InChI=1S/C16H21N5O2/c1-23-15-5-3-2-4-13(15)14-10-17-7-9-21(14)16(22)6-8-20-12-18-11-19-20/h2-5,11-12,14,17H,6-10H2,1H3. The average molecular weight is 315 g/mol. The second-order valence-corrected chi connectivity index (χ2v) is 5.46. The molecule has 1 N–H and O–H groups in total.